The van der Waals surface area contributed by atoms with Gasteiger partial charge in [-0.3, -0.25) is 9.69 Å². The lowest BCUT2D eigenvalue weighted by Crippen LogP contribution is -2.35. The summed E-state index contributed by atoms with van der Waals surface area (Å²) in [6.45, 7) is 3.51. The van der Waals surface area contributed by atoms with Gasteiger partial charge in [-0.05, 0) is 42.8 Å². The predicted octanol–water partition coefficient (Wildman–Crippen LogP) is 4.50. The van der Waals surface area contributed by atoms with Gasteiger partial charge in [-0.2, -0.15) is 0 Å². The molecule has 0 bridgehead atoms. The topological polar surface area (TPSA) is 62.5 Å². The molecule has 0 unspecified atom stereocenters. The minimum Gasteiger partial charge on any atom is -0.419 e. The highest BCUT2D eigenvalue weighted by Gasteiger charge is 2.22. The minimum atomic E-state index is -0.0206. The standard InChI is InChI=1S/C21H20BrClN4O2/c22-16-8-6-15(7-9-16)20-25-24-19(29-20)14-26-10-3-11-27(13-12-26)21(28)17-4-1-2-5-18(17)23/h1-2,4-9H,3,10-14H2. The molecule has 1 amide bonds. The molecule has 0 atom stereocenters. The van der Waals surface area contributed by atoms with Crippen LogP contribution in [0.2, 0.25) is 5.02 Å². The van der Waals surface area contributed by atoms with E-state index in [-0.39, 0.29) is 5.91 Å². The molecular weight excluding hydrogens is 456 g/mol. The second-order valence-electron chi connectivity index (χ2n) is 6.91. The highest BCUT2D eigenvalue weighted by molar-refractivity contribution is 9.10. The molecule has 29 heavy (non-hydrogen) atoms. The van der Waals surface area contributed by atoms with Crippen molar-refractivity contribution >= 4 is 33.4 Å². The molecule has 1 aliphatic rings. The van der Waals surface area contributed by atoms with Crippen LogP contribution in [0.15, 0.2) is 57.4 Å². The zero-order chi connectivity index (χ0) is 20.2. The maximum absolute atomic E-state index is 12.8. The van der Waals surface area contributed by atoms with Gasteiger partial charge >= 0.3 is 0 Å². The van der Waals surface area contributed by atoms with Gasteiger partial charge in [0.05, 0.1) is 17.1 Å². The molecule has 2 aromatic carbocycles. The second-order valence-corrected chi connectivity index (χ2v) is 8.23. The van der Waals surface area contributed by atoms with E-state index < -0.39 is 0 Å². The Hall–Kier alpha value is -2.22. The third-order valence-electron chi connectivity index (χ3n) is 4.90. The van der Waals surface area contributed by atoms with Gasteiger partial charge in [-0.1, -0.05) is 39.7 Å². The van der Waals surface area contributed by atoms with E-state index in [0.29, 0.717) is 42.0 Å². The van der Waals surface area contributed by atoms with E-state index in [0.717, 1.165) is 29.5 Å². The summed E-state index contributed by atoms with van der Waals surface area (Å²) in [5.41, 5.74) is 1.44. The van der Waals surface area contributed by atoms with Crippen LogP contribution in [-0.2, 0) is 6.54 Å². The van der Waals surface area contributed by atoms with Crippen LogP contribution in [0.4, 0.5) is 0 Å². The number of halogens is 2. The summed E-state index contributed by atoms with van der Waals surface area (Å²) < 4.78 is 6.84. The van der Waals surface area contributed by atoms with Crippen LogP contribution in [0.5, 0.6) is 0 Å². The molecule has 1 aliphatic heterocycles. The van der Waals surface area contributed by atoms with Crippen LogP contribution >= 0.6 is 27.5 Å². The number of carbonyl (C=O) groups excluding carboxylic acids is 1. The molecule has 1 saturated heterocycles. The minimum absolute atomic E-state index is 0.0206. The third kappa shape index (κ3) is 4.86. The normalized spacial score (nSPS) is 15.3. The van der Waals surface area contributed by atoms with Crippen LogP contribution in [-0.4, -0.2) is 52.1 Å². The van der Waals surface area contributed by atoms with Crippen LogP contribution in [0.3, 0.4) is 0 Å². The van der Waals surface area contributed by atoms with Crippen molar-refractivity contribution in [2.24, 2.45) is 0 Å². The fourth-order valence-corrected chi connectivity index (χ4v) is 3.84. The van der Waals surface area contributed by atoms with Crippen LogP contribution in [0.1, 0.15) is 22.7 Å². The van der Waals surface area contributed by atoms with E-state index in [1.54, 1.807) is 12.1 Å². The molecule has 0 saturated carbocycles. The van der Waals surface area contributed by atoms with E-state index in [1.807, 2.05) is 41.3 Å². The molecule has 0 aliphatic carbocycles. The first-order valence-corrected chi connectivity index (χ1v) is 10.6. The lowest BCUT2D eigenvalue weighted by Gasteiger charge is -2.21. The Kier molecular flexibility index (Phi) is 6.28. The van der Waals surface area contributed by atoms with Gasteiger partial charge < -0.3 is 9.32 Å². The summed E-state index contributed by atoms with van der Waals surface area (Å²) in [6.07, 6.45) is 0.879. The first kappa shape index (κ1) is 20.1. The van der Waals surface area contributed by atoms with Crippen molar-refractivity contribution in [2.75, 3.05) is 26.2 Å². The first-order valence-electron chi connectivity index (χ1n) is 9.44. The Morgan fingerprint density at radius 2 is 1.83 bits per heavy atom. The fraction of sp³-hybridized carbons (Fsp3) is 0.286. The molecule has 2 heterocycles. The zero-order valence-corrected chi connectivity index (χ0v) is 18.1. The van der Waals surface area contributed by atoms with Gasteiger partial charge in [0.2, 0.25) is 11.8 Å². The highest BCUT2D eigenvalue weighted by Crippen LogP contribution is 2.22. The Morgan fingerprint density at radius 1 is 1.03 bits per heavy atom. The predicted molar refractivity (Wildman–Crippen MR) is 115 cm³/mol. The number of nitrogens with zero attached hydrogens (tertiary/aromatic N) is 4. The number of carbonyl (C=O) groups is 1. The highest BCUT2D eigenvalue weighted by atomic mass is 79.9. The fourth-order valence-electron chi connectivity index (χ4n) is 3.36. The number of hydrogen-bond acceptors (Lipinski definition) is 5. The molecule has 0 N–H and O–H groups in total. The summed E-state index contributed by atoms with van der Waals surface area (Å²) in [4.78, 5) is 16.9. The summed E-state index contributed by atoms with van der Waals surface area (Å²) in [5, 5.41) is 8.84. The van der Waals surface area contributed by atoms with Gasteiger partial charge in [0.25, 0.3) is 5.91 Å². The summed E-state index contributed by atoms with van der Waals surface area (Å²) in [5.74, 6) is 1.07. The van der Waals surface area contributed by atoms with Crippen molar-refractivity contribution < 1.29 is 9.21 Å². The SMILES string of the molecule is O=C(c1ccccc1Cl)N1CCCN(Cc2nnc(-c3ccc(Br)cc3)o2)CC1. The maximum atomic E-state index is 12.8. The smallest absolute Gasteiger partial charge is 0.255 e. The number of amides is 1. The zero-order valence-electron chi connectivity index (χ0n) is 15.7. The van der Waals surface area contributed by atoms with Crippen molar-refractivity contribution in [3.05, 3.63) is 69.5 Å². The second kappa shape index (κ2) is 9.07. The first-order chi connectivity index (χ1) is 14.1. The van der Waals surface area contributed by atoms with Crippen molar-refractivity contribution in [1.82, 2.24) is 20.0 Å². The lowest BCUT2D eigenvalue weighted by molar-refractivity contribution is 0.0761. The van der Waals surface area contributed by atoms with E-state index in [1.165, 1.54) is 0 Å². The number of benzene rings is 2. The molecule has 6 nitrogen and oxygen atoms in total. The van der Waals surface area contributed by atoms with Crippen molar-refractivity contribution in [2.45, 2.75) is 13.0 Å². The number of rotatable bonds is 4. The Labute approximate surface area is 182 Å². The van der Waals surface area contributed by atoms with E-state index in [2.05, 4.69) is 31.0 Å². The molecule has 1 aromatic heterocycles. The van der Waals surface area contributed by atoms with Crippen LogP contribution in [0, 0.1) is 0 Å². The molecule has 150 valence electrons. The Morgan fingerprint density at radius 3 is 2.62 bits per heavy atom. The Bertz CT molecular complexity index is 992. The molecule has 3 aromatic rings. The molecule has 0 spiro atoms. The Balaban J connectivity index is 1.37. The number of aromatic nitrogens is 2. The van der Waals surface area contributed by atoms with Gasteiger partial charge in [0.15, 0.2) is 0 Å². The quantitative estimate of drug-likeness (QED) is 0.556. The average Bonchev–Trinajstić information content (AvgIpc) is 3.06. The molecule has 1 fully saturated rings. The van der Waals surface area contributed by atoms with Gasteiger partial charge in [0.1, 0.15) is 0 Å². The third-order valence-corrected chi connectivity index (χ3v) is 5.76. The van der Waals surface area contributed by atoms with Crippen LogP contribution in [0.25, 0.3) is 11.5 Å². The monoisotopic (exact) mass is 474 g/mol. The molecule has 8 heteroatoms. The molecule has 0 radical (unpaired) electrons. The van der Waals surface area contributed by atoms with E-state index >= 15 is 0 Å². The number of hydrogen-bond donors (Lipinski definition) is 0. The van der Waals surface area contributed by atoms with E-state index in [4.69, 9.17) is 16.0 Å². The lowest BCUT2D eigenvalue weighted by atomic mass is 10.2. The van der Waals surface area contributed by atoms with Crippen molar-refractivity contribution in [3.8, 4) is 11.5 Å². The summed E-state index contributed by atoms with van der Waals surface area (Å²) >= 11 is 9.61. The summed E-state index contributed by atoms with van der Waals surface area (Å²) in [6, 6.07) is 14.9. The van der Waals surface area contributed by atoms with Crippen molar-refractivity contribution in [1.29, 1.82) is 0 Å². The summed E-state index contributed by atoms with van der Waals surface area (Å²) in [7, 11) is 0. The van der Waals surface area contributed by atoms with Gasteiger partial charge in [0, 0.05) is 36.2 Å². The largest absolute Gasteiger partial charge is 0.419 e. The van der Waals surface area contributed by atoms with Crippen LogP contribution < -0.4 is 0 Å². The van der Waals surface area contributed by atoms with Gasteiger partial charge in [-0.15, -0.1) is 10.2 Å². The molecule has 4 rings (SSSR count). The van der Waals surface area contributed by atoms with Gasteiger partial charge in [-0.25, -0.2) is 0 Å². The van der Waals surface area contributed by atoms with E-state index in [9.17, 15) is 4.79 Å². The maximum Gasteiger partial charge on any atom is 0.255 e. The van der Waals surface area contributed by atoms with Crippen molar-refractivity contribution in [3.63, 3.8) is 0 Å². The average molecular weight is 476 g/mol. The molecular formula is C21H20BrClN4O2.